The number of amides is 1. The number of aryl methyl sites for hydroxylation is 1. The first-order valence-corrected chi connectivity index (χ1v) is 9.47. The van der Waals surface area contributed by atoms with Gasteiger partial charge in [0.05, 0.1) is 21.5 Å². The highest BCUT2D eigenvalue weighted by Crippen LogP contribution is 2.24. The molecule has 1 heterocycles. The van der Waals surface area contributed by atoms with E-state index in [0.29, 0.717) is 29.7 Å². The fraction of sp³-hybridized carbons (Fsp3) is 0.150. The van der Waals surface area contributed by atoms with Crippen LogP contribution in [0.3, 0.4) is 0 Å². The topological polar surface area (TPSA) is 165 Å². The predicted octanol–water partition coefficient (Wildman–Crippen LogP) is 4.03. The number of non-ortho nitro benzene ring substituents is 2. The van der Waals surface area contributed by atoms with Crippen molar-refractivity contribution in [1.29, 1.82) is 0 Å². The number of nitrogens with one attached hydrogen (secondary N) is 3. The smallest absolute Gasteiger partial charge is 0.277 e. The van der Waals surface area contributed by atoms with Crippen molar-refractivity contribution >= 4 is 40.4 Å². The van der Waals surface area contributed by atoms with E-state index in [4.69, 9.17) is 0 Å². The second-order valence-electron chi connectivity index (χ2n) is 6.66. The molecule has 0 atom stereocenters. The van der Waals surface area contributed by atoms with Gasteiger partial charge in [0.1, 0.15) is 5.82 Å². The van der Waals surface area contributed by atoms with Crippen LogP contribution >= 0.6 is 0 Å². The van der Waals surface area contributed by atoms with E-state index in [-0.39, 0.29) is 5.56 Å². The van der Waals surface area contributed by atoms with Crippen molar-refractivity contribution in [3.8, 4) is 0 Å². The minimum Gasteiger partial charge on any atom is -0.354 e. The fourth-order valence-electron chi connectivity index (χ4n) is 2.79. The standard InChI is InChI=1S/C20H19N7O5/c1-3-21-20-22-12(2)8-18(25-20)23-14-4-6-15(7-5-14)24-19(28)13-9-16(26(29)30)11-17(10-13)27(31)32/h4-11H,3H2,1-2H3,(H,24,28)(H2,21,22,23,25). The highest BCUT2D eigenvalue weighted by atomic mass is 16.6. The Morgan fingerprint density at radius 2 is 1.53 bits per heavy atom. The van der Waals surface area contributed by atoms with E-state index < -0.39 is 27.1 Å². The molecule has 1 aromatic heterocycles. The second-order valence-corrected chi connectivity index (χ2v) is 6.66. The summed E-state index contributed by atoms with van der Waals surface area (Å²) in [6, 6.07) is 11.2. The molecule has 164 valence electrons. The molecule has 3 rings (SSSR count). The average Bonchev–Trinajstić information content (AvgIpc) is 2.74. The molecule has 3 aromatic rings. The SMILES string of the molecule is CCNc1nc(C)cc(Nc2ccc(NC(=O)c3cc([N+](=O)[O-])cc([N+](=O)[O-])c3)cc2)n1. The number of hydrogen-bond donors (Lipinski definition) is 3. The van der Waals surface area contributed by atoms with Crippen LogP contribution in [0.2, 0.25) is 0 Å². The van der Waals surface area contributed by atoms with Gasteiger partial charge in [-0.15, -0.1) is 0 Å². The van der Waals surface area contributed by atoms with Gasteiger partial charge in [0, 0.05) is 41.8 Å². The van der Waals surface area contributed by atoms with E-state index in [1.807, 2.05) is 13.8 Å². The summed E-state index contributed by atoms with van der Waals surface area (Å²) in [6.07, 6.45) is 0. The number of nitro groups is 2. The Morgan fingerprint density at radius 3 is 2.09 bits per heavy atom. The first-order chi connectivity index (χ1) is 15.2. The molecule has 3 N–H and O–H groups in total. The van der Waals surface area contributed by atoms with Gasteiger partial charge in [0.25, 0.3) is 17.3 Å². The van der Waals surface area contributed by atoms with Gasteiger partial charge >= 0.3 is 0 Å². The molecule has 0 fully saturated rings. The van der Waals surface area contributed by atoms with Gasteiger partial charge in [-0.25, -0.2) is 4.98 Å². The molecular formula is C20H19N7O5. The number of rotatable bonds is 8. The van der Waals surface area contributed by atoms with Gasteiger partial charge < -0.3 is 16.0 Å². The number of anilines is 4. The summed E-state index contributed by atoms with van der Waals surface area (Å²) in [4.78, 5) is 41.6. The maximum absolute atomic E-state index is 12.5. The number of nitrogens with zero attached hydrogens (tertiary/aromatic N) is 4. The largest absolute Gasteiger partial charge is 0.354 e. The molecule has 12 heteroatoms. The molecule has 0 unspecified atom stereocenters. The van der Waals surface area contributed by atoms with Crippen LogP contribution in [0.1, 0.15) is 23.0 Å². The Bertz CT molecular complexity index is 1150. The normalized spacial score (nSPS) is 10.3. The molecule has 0 bridgehead atoms. The molecule has 12 nitrogen and oxygen atoms in total. The molecular weight excluding hydrogens is 418 g/mol. The lowest BCUT2D eigenvalue weighted by Gasteiger charge is -2.10. The average molecular weight is 437 g/mol. The first-order valence-electron chi connectivity index (χ1n) is 9.47. The lowest BCUT2D eigenvalue weighted by atomic mass is 10.1. The van der Waals surface area contributed by atoms with Crippen LogP contribution in [0.5, 0.6) is 0 Å². The fourth-order valence-corrected chi connectivity index (χ4v) is 2.79. The number of carbonyl (C=O) groups is 1. The Hall–Kier alpha value is -4.61. The van der Waals surface area contributed by atoms with E-state index in [1.165, 1.54) is 0 Å². The Kier molecular flexibility index (Phi) is 6.53. The Labute approximate surface area is 182 Å². The van der Waals surface area contributed by atoms with Crippen molar-refractivity contribution in [3.05, 3.63) is 80.0 Å². The van der Waals surface area contributed by atoms with Crippen LogP contribution in [-0.4, -0.2) is 32.3 Å². The summed E-state index contributed by atoms with van der Waals surface area (Å²) in [5.74, 6) is 0.387. The van der Waals surface area contributed by atoms with Crippen molar-refractivity contribution in [3.63, 3.8) is 0 Å². The van der Waals surface area contributed by atoms with Crippen LogP contribution in [0.15, 0.2) is 48.5 Å². The second kappa shape index (κ2) is 9.47. The van der Waals surface area contributed by atoms with E-state index in [2.05, 4.69) is 25.9 Å². The van der Waals surface area contributed by atoms with Gasteiger partial charge in [0.15, 0.2) is 0 Å². The zero-order valence-electron chi connectivity index (χ0n) is 17.2. The summed E-state index contributed by atoms with van der Waals surface area (Å²) in [5, 5.41) is 30.8. The molecule has 0 aliphatic rings. The zero-order valence-corrected chi connectivity index (χ0v) is 17.2. The van der Waals surface area contributed by atoms with Crippen molar-refractivity contribution in [2.45, 2.75) is 13.8 Å². The Balaban J connectivity index is 1.74. The highest BCUT2D eigenvalue weighted by molar-refractivity contribution is 6.05. The molecule has 2 aromatic carbocycles. The summed E-state index contributed by atoms with van der Waals surface area (Å²) < 4.78 is 0. The highest BCUT2D eigenvalue weighted by Gasteiger charge is 2.20. The number of nitro benzene ring substituents is 2. The minimum atomic E-state index is -0.791. The van der Waals surface area contributed by atoms with Gasteiger partial charge in [-0.1, -0.05) is 0 Å². The lowest BCUT2D eigenvalue weighted by Crippen LogP contribution is -2.12. The van der Waals surface area contributed by atoms with Gasteiger partial charge in [-0.3, -0.25) is 25.0 Å². The van der Waals surface area contributed by atoms with E-state index in [9.17, 15) is 25.0 Å². The molecule has 0 aliphatic carbocycles. The van der Waals surface area contributed by atoms with Crippen molar-refractivity contribution in [1.82, 2.24) is 9.97 Å². The molecule has 0 saturated heterocycles. The lowest BCUT2D eigenvalue weighted by molar-refractivity contribution is -0.394. The monoisotopic (exact) mass is 437 g/mol. The summed E-state index contributed by atoms with van der Waals surface area (Å²) in [6.45, 7) is 4.48. The molecule has 32 heavy (non-hydrogen) atoms. The first kappa shape index (κ1) is 22.1. The molecule has 0 radical (unpaired) electrons. The molecule has 1 amide bonds. The van der Waals surface area contributed by atoms with E-state index >= 15 is 0 Å². The van der Waals surface area contributed by atoms with Crippen molar-refractivity contribution in [2.75, 3.05) is 22.5 Å². The number of aromatic nitrogens is 2. The van der Waals surface area contributed by atoms with Gasteiger partial charge in [-0.05, 0) is 38.1 Å². The van der Waals surface area contributed by atoms with E-state index in [1.54, 1.807) is 30.3 Å². The van der Waals surface area contributed by atoms with Crippen molar-refractivity contribution in [2.24, 2.45) is 0 Å². The van der Waals surface area contributed by atoms with E-state index in [0.717, 1.165) is 23.9 Å². The predicted molar refractivity (Wildman–Crippen MR) is 118 cm³/mol. The summed E-state index contributed by atoms with van der Waals surface area (Å²) in [7, 11) is 0. The maximum atomic E-state index is 12.5. The van der Waals surface area contributed by atoms with Crippen LogP contribution in [0.25, 0.3) is 0 Å². The minimum absolute atomic E-state index is 0.194. The van der Waals surface area contributed by atoms with Crippen LogP contribution in [0.4, 0.5) is 34.5 Å². The number of benzene rings is 2. The third kappa shape index (κ3) is 5.50. The van der Waals surface area contributed by atoms with Crippen molar-refractivity contribution < 1.29 is 14.6 Å². The molecule has 0 aliphatic heterocycles. The summed E-state index contributed by atoms with van der Waals surface area (Å²) in [5.41, 5.74) is 0.618. The third-order valence-electron chi connectivity index (χ3n) is 4.19. The summed E-state index contributed by atoms with van der Waals surface area (Å²) >= 11 is 0. The quantitative estimate of drug-likeness (QED) is 0.348. The van der Waals surface area contributed by atoms with Gasteiger partial charge in [-0.2, -0.15) is 4.98 Å². The Morgan fingerprint density at radius 1 is 0.938 bits per heavy atom. The van der Waals surface area contributed by atoms with Crippen LogP contribution in [-0.2, 0) is 0 Å². The van der Waals surface area contributed by atoms with Gasteiger partial charge in [0.2, 0.25) is 5.95 Å². The number of carbonyl (C=O) groups excluding carboxylic acids is 1. The number of hydrogen-bond acceptors (Lipinski definition) is 9. The maximum Gasteiger partial charge on any atom is 0.277 e. The zero-order chi connectivity index (χ0) is 23.3. The van der Waals surface area contributed by atoms with Crippen LogP contribution in [0, 0.1) is 27.2 Å². The third-order valence-corrected chi connectivity index (χ3v) is 4.19. The molecule has 0 spiro atoms. The van der Waals surface area contributed by atoms with Crippen LogP contribution < -0.4 is 16.0 Å². The molecule has 0 saturated carbocycles.